The van der Waals surface area contributed by atoms with Crippen molar-refractivity contribution < 1.29 is 19.0 Å². The highest BCUT2D eigenvalue weighted by atomic mass is 79.9. The number of amides is 1. The number of nitrogens with one attached hydrogen (secondary N) is 1. The second-order valence-electron chi connectivity index (χ2n) is 6.47. The molecule has 0 radical (unpaired) electrons. The molecule has 3 rings (SSSR count). The van der Waals surface area contributed by atoms with Crippen LogP contribution in [-0.4, -0.2) is 32.2 Å². The van der Waals surface area contributed by atoms with Crippen LogP contribution in [0.4, 0.5) is 5.13 Å². The quantitative estimate of drug-likeness (QED) is 0.452. The number of aryl methyl sites for hydroxylation is 2. The van der Waals surface area contributed by atoms with Crippen LogP contribution in [0.1, 0.15) is 16.9 Å². The minimum Gasteiger partial charge on any atom is -0.493 e. The molecule has 30 heavy (non-hydrogen) atoms. The lowest BCUT2D eigenvalue weighted by Crippen LogP contribution is -2.12. The first-order chi connectivity index (χ1) is 14.5. The number of benzene rings is 2. The Morgan fingerprint density at radius 1 is 1.03 bits per heavy atom. The number of hydrogen-bond donors (Lipinski definition) is 1. The largest absolute Gasteiger partial charge is 0.493 e. The van der Waals surface area contributed by atoms with Gasteiger partial charge in [-0.2, -0.15) is 0 Å². The maximum Gasteiger partial charge on any atom is 0.226 e. The first-order valence-electron chi connectivity index (χ1n) is 9.27. The molecular formula is C22H23BrN2O4S. The fraction of sp³-hybridized carbons (Fsp3) is 0.273. The van der Waals surface area contributed by atoms with Crippen molar-refractivity contribution in [2.24, 2.45) is 0 Å². The van der Waals surface area contributed by atoms with Gasteiger partial charge in [-0.3, -0.25) is 4.79 Å². The molecule has 1 aromatic heterocycles. The minimum absolute atomic E-state index is 0.108. The van der Waals surface area contributed by atoms with Crippen molar-refractivity contribution in [1.29, 1.82) is 0 Å². The van der Waals surface area contributed by atoms with Crippen LogP contribution in [-0.2, 0) is 11.2 Å². The van der Waals surface area contributed by atoms with Gasteiger partial charge in [0.1, 0.15) is 0 Å². The number of thiazole rings is 1. The molecule has 6 nitrogen and oxygen atoms in total. The predicted molar refractivity (Wildman–Crippen MR) is 123 cm³/mol. The van der Waals surface area contributed by atoms with Crippen molar-refractivity contribution in [3.8, 4) is 28.5 Å². The van der Waals surface area contributed by atoms with Crippen LogP contribution in [0.15, 0.2) is 40.9 Å². The molecule has 0 unspecified atom stereocenters. The standard InChI is InChI=1S/C22H23BrN2O4S/c1-13-19(14-5-9-16(23)10-6-14)25-22(30-13)24-18(26)12-8-15-7-11-17(27-2)21(29-4)20(15)28-3/h5-7,9-11H,8,12H2,1-4H3,(H,24,25,26). The highest BCUT2D eigenvalue weighted by Gasteiger charge is 2.17. The number of ether oxygens (including phenoxy) is 3. The summed E-state index contributed by atoms with van der Waals surface area (Å²) in [7, 11) is 4.70. The monoisotopic (exact) mass is 490 g/mol. The third-order valence-corrected chi connectivity index (χ3v) is 5.98. The zero-order chi connectivity index (χ0) is 21.7. The zero-order valence-electron chi connectivity index (χ0n) is 17.2. The number of hydrogen-bond acceptors (Lipinski definition) is 6. The Bertz CT molecular complexity index is 1030. The molecule has 0 aliphatic heterocycles. The number of methoxy groups -OCH3 is 3. The number of nitrogens with zero attached hydrogens (tertiary/aromatic N) is 1. The van der Waals surface area contributed by atoms with Gasteiger partial charge in [-0.25, -0.2) is 4.98 Å². The molecule has 3 aromatic rings. The highest BCUT2D eigenvalue weighted by Crippen LogP contribution is 2.40. The van der Waals surface area contributed by atoms with Crippen LogP contribution in [0.2, 0.25) is 0 Å². The number of aromatic nitrogens is 1. The fourth-order valence-corrected chi connectivity index (χ4v) is 4.23. The number of anilines is 1. The van der Waals surface area contributed by atoms with Gasteiger partial charge in [-0.1, -0.05) is 34.1 Å². The Kier molecular flexibility index (Phi) is 7.33. The van der Waals surface area contributed by atoms with Crippen LogP contribution >= 0.6 is 27.3 Å². The van der Waals surface area contributed by atoms with Crippen molar-refractivity contribution in [3.05, 3.63) is 51.3 Å². The van der Waals surface area contributed by atoms with E-state index in [1.807, 2.05) is 43.3 Å². The summed E-state index contributed by atoms with van der Waals surface area (Å²) in [5, 5.41) is 3.50. The molecule has 1 N–H and O–H groups in total. The molecule has 0 saturated heterocycles. The van der Waals surface area contributed by atoms with Crippen LogP contribution in [0, 0.1) is 6.92 Å². The molecule has 0 bridgehead atoms. The topological polar surface area (TPSA) is 69.7 Å². The summed E-state index contributed by atoms with van der Waals surface area (Å²) >= 11 is 4.91. The van der Waals surface area contributed by atoms with Crippen molar-refractivity contribution >= 4 is 38.3 Å². The van der Waals surface area contributed by atoms with Crippen molar-refractivity contribution in [3.63, 3.8) is 0 Å². The van der Waals surface area contributed by atoms with Crippen LogP contribution in [0.3, 0.4) is 0 Å². The van der Waals surface area contributed by atoms with Gasteiger partial charge in [0, 0.05) is 21.3 Å². The van der Waals surface area contributed by atoms with Gasteiger partial charge in [0.2, 0.25) is 11.7 Å². The van der Waals surface area contributed by atoms with Gasteiger partial charge < -0.3 is 19.5 Å². The van der Waals surface area contributed by atoms with Crippen LogP contribution < -0.4 is 19.5 Å². The van der Waals surface area contributed by atoms with Crippen LogP contribution in [0.25, 0.3) is 11.3 Å². The number of carbonyl (C=O) groups is 1. The number of halogens is 1. The minimum atomic E-state index is -0.108. The molecule has 0 fully saturated rings. The number of carbonyl (C=O) groups excluding carboxylic acids is 1. The number of rotatable bonds is 8. The van der Waals surface area contributed by atoms with E-state index < -0.39 is 0 Å². The SMILES string of the molecule is COc1ccc(CCC(=O)Nc2nc(-c3ccc(Br)cc3)c(C)s2)c(OC)c1OC. The molecule has 158 valence electrons. The van der Waals surface area contributed by atoms with E-state index in [0.29, 0.717) is 28.8 Å². The van der Waals surface area contributed by atoms with E-state index in [4.69, 9.17) is 14.2 Å². The third kappa shape index (κ3) is 4.94. The molecule has 8 heteroatoms. The second kappa shape index (κ2) is 9.95. The molecule has 0 spiro atoms. The molecular weight excluding hydrogens is 468 g/mol. The Hall–Kier alpha value is -2.58. The molecule has 2 aromatic carbocycles. The van der Waals surface area contributed by atoms with Gasteiger partial charge in [0.05, 0.1) is 27.0 Å². The molecule has 0 saturated carbocycles. The lowest BCUT2D eigenvalue weighted by Gasteiger charge is -2.15. The molecule has 1 heterocycles. The van der Waals surface area contributed by atoms with Gasteiger partial charge in [-0.15, -0.1) is 11.3 Å². The predicted octanol–water partition coefficient (Wildman–Crippen LogP) is 5.48. The van der Waals surface area contributed by atoms with E-state index in [1.165, 1.54) is 11.3 Å². The van der Waals surface area contributed by atoms with E-state index in [2.05, 4.69) is 26.2 Å². The average molecular weight is 491 g/mol. The summed E-state index contributed by atoms with van der Waals surface area (Å²) in [5.74, 6) is 1.57. The first-order valence-corrected chi connectivity index (χ1v) is 10.9. The van der Waals surface area contributed by atoms with E-state index in [-0.39, 0.29) is 12.3 Å². The first kappa shape index (κ1) is 22.1. The van der Waals surface area contributed by atoms with Gasteiger partial charge in [0.15, 0.2) is 16.6 Å². The molecule has 0 atom stereocenters. The van der Waals surface area contributed by atoms with E-state index >= 15 is 0 Å². The maximum absolute atomic E-state index is 12.5. The molecule has 0 aliphatic rings. The van der Waals surface area contributed by atoms with Crippen molar-refractivity contribution in [2.75, 3.05) is 26.6 Å². The van der Waals surface area contributed by atoms with Gasteiger partial charge in [0.25, 0.3) is 0 Å². The second-order valence-corrected chi connectivity index (χ2v) is 8.59. The molecule has 0 aliphatic carbocycles. The van der Waals surface area contributed by atoms with Crippen molar-refractivity contribution in [1.82, 2.24) is 4.98 Å². The summed E-state index contributed by atoms with van der Waals surface area (Å²) in [6, 6.07) is 11.6. The summed E-state index contributed by atoms with van der Waals surface area (Å²) in [5.41, 5.74) is 2.77. The van der Waals surface area contributed by atoms with E-state index in [1.54, 1.807) is 21.3 Å². The summed E-state index contributed by atoms with van der Waals surface area (Å²) in [4.78, 5) is 18.2. The summed E-state index contributed by atoms with van der Waals surface area (Å²) in [6.45, 7) is 2.00. The third-order valence-electron chi connectivity index (χ3n) is 4.57. The van der Waals surface area contributed by atoms with E-state index in [9.17, 15) is 4.79 Å². The highest BCUT2D eigenvalue weighted by molar-refractivity contribution is 9.10. The summed E-state index contributed by atoms with van der Waals surface area (Å²) < 4.78 is 17.2. The lowest BCUT2D eigenvalue weighted by molar-refractivity contribution is -0.116. The normalized spacial score (nSPS) is 10.6. The average Bonchev–Trinajstić information content (AvgIpc) is 3.11. The molecule has 1 amide bonds. The Morgan fingerprint density at radius 3 is 2.37 bits per heavy atom. The van der Waals surface area contributed by atoms with Crippen LogP contribution in [0.5, 0.6) is 17.2 Å². The van der Waals surface area contributed by atoms with Gasteiger partial charge in [-0.05, 0) is 37.1 Å². The Morgan fingerprint density at radius 2 is 1.73 bits per heavy atom. The van der Waals surface area contributed by atoms with Gasteiger partial charge >= 0.3 is 0 Å². The summed E-state index contributed by atoms with van der Waals surface area (Å²) in [6.07, 6.45) is 0.789. The Labute approximate surface area is 188 Å². The van der Waals surface area contributed by atoms with Crippen molar-refractivity contribution in [2.45, 2.75) is 19.8 Å². The zero-order valence-corrected chi connectivity index (χ0v) is 19.6. The Balaban J connectivity index is 1.68. The smallest absolute Gasteiger partial charge is 0.226 e. The van der Waals surface area contributed by atoms with E-state index in [0.717, 1.165) is 26.2 Å². The lowest BCUT2D eigenvalue weighted by atomic mass is 10.1. The maximum atomic E-state index is 12.5. The fourth-order valence-electron chi connectivity index (χ4n) is 3.12.